The van der Waals surface area contributed by atoms with E-state index in [1.807, 2.05) is 0 Å². The number of ether oxygens (including phenoxy) is 1. The summed E-state index contributed by atoms with van der Waals surface area (Å²) in [6.07, 6.45) is -4.09. The van der Waals surface area contributed by atoms with Crippen LogP contribution in [0.5, 0.6) is 11.5 Å². The number of nitriles is 1. The van der Waals surface area contributed by atoms with E-state index < -0.39 is 22.8 Å². The van der Waals surface area contributed by atoms with E-state index in [1.54, 1.807) is 6.07 Å². The lowest BCUT2D eigenvalue weighted by atomic mass is 10.2. The van der Waals surface area contributed by atoms with Gasteiger partial charge in [0.05, 0.1) is 11.6 Å². The second-order valence-corrected chi connectivity index (χ2v) is 4.52. The molecule has 0 spiro atoms. The summed E-state index contributed by atoms with van der Waals surface area (Å²) in [6.45, 7) is 0. The minimum atomic E-state index is -4.77. The number of alkyl halides is 3. The zero-order valence-corrected chi connectivity index (χ0v) is 11.5. The quantitative estimate of drug-likeness (QED) is 0.761. The first-order chi connectivity index (χ1) is 9.81. The third-order valence-electron chi connectivity index (χ3n) is 2.25. The number of rotatable bonds is 2. The predicted octanol–water partition coefficient (Wildman–Crippen LogP) is 4.47. The van der Waals surface area contributed by atoms with Crippen LogP contribution in [0.2, 0.25) is 10.2 Å². The molecule has 2 aromatic rings. The van der Waals surface area contributed by atoms with E-state index in [4.69, 9.17) is 33.2 Å². The Labute approximate surface area is 126 Å². The Balaban J connectivity index is 2.50. The predicted molar refractivity (Wildman–Crippen MR) is 68.3 cm³/mol. The van der Waals surface area contributed by atoms with Gasteiger partial charge in [-0.05, 0) is 18.2 Å². The fraction of sp³-hybridized carbons (Fsp3) is 0.0833. The van der Waals surface area contributed by atoms with Gasteiger partial charge in [-0.2, -0.15) is 18.4 Å². The first-order valence-corrected chi connectivity index (χ1v) is 6.03. The van der Waals surface area contributed by atoms with Gasteiger partial charge in [-0.15, -0.1) is 0 Å². The third kappa shape index (κ3) is 3.54. The van der Waals surface area contributed by atoms with E-state index in [0.29, 0.717) is 6.33 Å². The number of hydrogen-bond acceptors (Lipinski definition) is 4. The Bertz CT molecular complexity index is 729. The molecule has 4 nitrogen and oxygen atoms in total. The molecule has 0 saturated carbocycles. The first-order valence-electron chi connectivity index (χ1n) is 5.27. The van der Waals surface area contributed by atoms with E-state index in [2.05, 4.69) is 9.97 Å². The van der Waals surface area contributed by atoms with Crippen molar-refractivity contribution in [2.45, 2.75) is 6.18 Å². The van der Waals surface area contributed by atoms with Crippen LogP contribution in [0.1, 0.15) is 11.3 Å². The Morgan fingerprint density at radius 3 is 2.48 bits per heavy atom. The molecule has 0 unspecified atom stereocenters. The lowest BCUT2D eigenvalue weighted by Crippen LogP contribution is -2.11. The van der Waals surface area contributed by atoms with Crippen LogP contribution in [0, 0.1) is 11.3 Å². The van der Waals surface area contributed by atoms with E-state index in [0.717, 1.165) is 0 Å². The van der Waals surface area contributed by atoms with Crippen LogP contribution in [0.3, 0.4) is 0 Å². The van der Waals surface area contributed by atoms with Crippen LogP contribution in [0.15, 0.2) is 24.5 Å². The molecule has 9 heteroatoms. The molecule has 2 rings (SSSR count). The molecule has 0 aliphatic carbocycles. The number of halogens is 5. The van der Waals surface area contributed by atoms with Gasteiger partial charge in [0.2, 0.25) is 0 Å². The maximum atomic E-state index is 12.8. The maximum absolute atomic E-state index is 12.8. The highest BCUT2D eigenvalue weighted by atomic mass is 35.5. The summed E-state index contributed by atoms with van der Waals surface area (Å²) in [5.74, 6) is -0.834. The first kappa shape index (κ1) is 15.4. The highest BCUT2D eigenvalue weighted by Crippen LogP contribution is 2.40. The molecule has 1 heterocycles. The number of hydrogen-bond donors (Lipinski definition) is 0. The van der Waals surface area contributed by atoms with Crippen molar-refractivity contribution in [2.75, 3.05) is 0 Å². The number of nitrogens with zero attached hydrogens (tertiary/aromatic N) is 3. The Hall–Kier alpha value is -2.04. The lowest BCUT2D eigenvalue weighted by molar-refractivity contribution is -0.142. The van der Waals surface area contributed by atoms with Crippen molar-refractivity contribution in [2.24, 2.45) is 0 Å². The zero-order chi connectivity index (χ0) is 15.6. The van der Waals surface area contributed by atoms with Crippen molar-refractivity contribution in [1.82, 2.24) is 9.97 Å². The second kappa shape index (κ2) is 5.76. The van der Waals surface area contributed by atoms with Crippen LogP contribution in [-0.2, 0) is 6.18 Å². The van der Waals surface area contributed by atoms with Crippen molar-refractivity contribution in [3.8, 4) is 17.6 Å². The van der Waals surface area contributed by atoms with Gasteiger partial charge in [0.1, 0.15) is 12.1 Å². The zero-order valence-electron chi connectivity index (χ0n) is 9.95. The van der Waals surface area contributed by atoms with Gasteiger partial charge in [-0.1, -0.05) is 23.2 Å². The van der Waals surface area contributed by atoms with Gasteiger partial charge in [0, 0.05) is 5.02 Å². The normalized spacial score (nSPS) is 11.0. The van der Waals surface area contributed by atoms with Crippen LogP contribution >= 0.6 is 23.2 Å². The SMILES string of the molecule is N#Cc1cc(Cl)cc(Oc2c(Cl)ncnc2C(F)(F)F)c1. The minimum Gasteiger partial charge on any atom is -0.452 e. The van der Waals surface area contributed by atoms with Gasteiger partial charge in [0.25, 0.3) is 0 Å². The molecule has 0 fully saturated rings. The average molecular weight is 334 g/mol. The van der Waals surface area contributed by atoms with Crippen molar-refractivity contribution < 1.29 is 17.9 Å². The van der Waals surface area contributed by atoms with E-state index >= 15 is 0 Å². The molecule has 1 aromatic heterocycles. The monoisotopic (exact) mass is 333 g/mol. The summed E-state index contributed by atoms with van der Waals surface area (Å²) in [4.78, 5) is 6.57. The average Bonchev–Trinajstić information content (AvgIpc) is 2.39. The van der Waals surface area contributed by atoms with Gasteiger partial charge in [-0.25, -0.2) is 9.97 Å². The summed E-state index contributed by atoms with van der Waals surface area (Å²) in [5.41, 5.74) is -1.19. The molecule has 0 amide bonds. The standard InChI is InChI=1S/C12H4Cl2F3N3O/c13-7-1-6(4-18)2-8(3-7)21-9-10(12(15,16)17)19-5-20-11(9)14/h1-3,5H. The van der Waals surface area contributed by atoms with Gasteiger partial charge >= 0.3 is 6.18 Å². The fourth-order valence-corrected chi connectivity index (χ4v) is 1.85. The van der Waals surface area contributed by atoms with E-state index in [1.165, 1.54) is 18.2 Å². The van der Waals surface area contributed by atoms with Crippen LogP contribution in [0.4, 0.5) is 13.2 Å². The molecular weight excluding hydrogens is 330 g/mol. The topological polar surface area (TPSA) is 58.8 Å². The van der Waals surface area contributed by atoms with Gasteiger partial charge in [-0.3, -0.25) is 0 Å². The van der Waals surface area contributed by atoms with Crippen molar-refractivity contribution in [3.63, 3.8) is 0 Å². The molecule has 0 saturated heterocycles. The summed E-state index contributed by atoms with van der Waals surface area (Å²) >= 11 is 11.4. The van der Waals surface area contributed by atoms with Crippen LogP contribution in [-0.4, -0.2) is 9.97 Å². The van der Waals surface area contributed by atoms with Gasteiger partial charge < -0.3 is 4.74 Å². The molecule has 0 bridgehead atoms. The van der Waals surface area contributed by atoms with Crippen molar-refractivity contribution in [1.29, 1.82) is 5.26 Å². The second-order valence-electron chi connectivity index (χ2n) is 3.73. The highest BCUT2D eigenvalue weighted by molar-refractivity contribution is 6.31. The van der Waals surface area contributed by atoms with Crippen LogP contribution < -0.4 is 4.74 Å². The number of benzene rings is 1. The molecule has 0 N–H and O–H groups in total. The molecular formula is C12H4Cl2F3N3O. The minimum absolute atomic E-state index is 0.0822. The molecule has 0 aliphatic rings. The summed E-state index contributed by atoms with van der Waals surface area (Å²) in [6, 6.07) is 5.60. The third-order valence-corrected chi connectivity index (χ3v) is 2.74. The summed E-state index contributed by atoms with van der Waals surface area (Å²) in [5, 5.41) is 8.42. The maximum Gasteiger partial charge on any atom is 0.437 e. The molecule has 21 heavy (non-hydrogen) atoms. The van der Waals surface area contributed by atoms with Gasteiger partial charge in [0.15, 0.2) is 16.6 Å². The molecule has 0 radical (unpaired) electrons. The molecule has 1 aromatic carbocycles. The van der Waals surface area contributed by atoms with Crippen molar-refractivity contribution in [3.05, 3.63) is 46.0 Å². The summed E-state index contributed by atoms with van der Waals surface area (Å²) in [7, 11) is 0. The Morgan fingerprint density at radius 2 is 1.86 bits per heavy atom. The number of aromatic nitrogens is 2. The van der Waals surface area contributed by atoms with E-state index in [9.17, 15) is 13.2 Å². The Kier molecular flexibility index (Phi) is 4.21. The molecule has 108 valence electrons. The smallest absolute Gasteiger partial charge is 0.437 e. The molecule has 0 atom stereocenters. The van der Waals surface area contributed by atoms with Crippen molar-refractivity contribution >= 4 is 23.2 Å². The largest absolute Gasteiger partial charge is 0.452 e. The van der Waals surface area contributed by atoms with Crippen LogP contribution in [0.25, 0.3) is 0 Å². The summed E-state index contributed by atoms with van der Waals surface area (Å²) < 4.78 is 43.6. The highest BCUT2D eigenvalue weighted by Gasteiger charge is 2.38. The Morgan fingerprint density at radius 1 is 1.14 bits per heavy atom. The molecule has 0 aliphatic heterocycles. The fourth-order valence-electron chi connectivity index (χ4n) is 1.45. The lowest BCUT2D eigenvalue weighted by Gasteiger charge is -2.13. The van der Waals surface area contributed by atoms with E-state index in [-0.39, 0.29) is 16.3 Å².